The summed E-state index contributed by atoms with van der Waals surface area (Å²) in [6, 6.07) is 7.95. The third-order valence-electron chi connectivity index (χ3n) is 1.97. The Morgan fingerprint density at radius 3 is 2.46 bits per heavy atom. The van der Waals surface area contributed by atoms with E-state index < -0.39 is 0 Å². The van der Waals surface area contributed by atoms with Crippen LogP contribution < -0.4 is 10.5 Å². The van der Waals surface area contributed by atoms with Gasteiger partial charge < -0.3 is 10.5 Å². The average Bonchev–Trinajstić information content (AvgIpc) is 2.18. The first-order valence-electron chi connectivity index (χ1n) is 4.29. The minimum absolute atomic E-state index is 0.581. The van der Waals surface area contributed by atoms with Gasteiger partial charge >= 0.3 is 0 Å². The molecule has 0 aliphatic carbocycles. The van der Waals surface area contributed by atoms with Crippen molar-refractivity contribution in [2.24, 2.45) is 5.73 Å². The Hall–Kier alpha value is -1.28. The summed E-state index contributed by atoms with van der Waals surface area (Å²) in [7, 11) is 1.66. The van der Waals surface area contributed by atoms with Gasteiger partial charge in [0.05, 0.1) is 7.11 Å². The molecule has 0 saturated heterocycles. The van der Waals surface area contributed by atoms with Gasteiger partial charge in [0, 0.05) is 6.54 Å². The van der Waals surface area contributed by atoms with Gasteiger partial charge in [0.2, 0.25) is 0 Å². The zero-order valence-electron chi connectivity index (χ0n) is 8.08. The van der Waals surface area contributed by atoms with Crippen LogP contribution in [0.1, 0.15) is 12.5 Å². The van der Waals surface area contributed by atoms with Crippen LogP contribution in [-0.4, -0.2) is 13.7 Å². The van der Waals surface area contributed by atoms with Crippen LogP contribution in [0, 0.1) is 0 Å². The van der Waals surface area contributed by atoms with Crippen LogP contribution in [0.2, 0.25) is 0 Å². The van der Waals surface area contributed by atoms with Gasteiger partial charge in [-0.3, -0.25) is 0 Å². The van der Waals surface area contributed by atoms with Gasteiger partial charge in [-0.25, -0.2) is 0 Å². The fourth-order valence-corrected chi connectivity index (χ4v) is 1.15. The minimum Gasteiger partial charge on any atom is -0.497 e. The van der Waals surface area contributed by atoms with Crippen LogP contribution in [0.25, 0.3) is 5.57 Å². The first-order chi connectivity index (χ1) is 6.27. The molecule has 0 radical (unpaired) electrons. The van der Waals surface area contributed by atoms with Crippen LogP contribution in [0.3, 0.4) is 0 Å². The van der Waals surface area contributed by atoms with Gasteiger partial charge in [-0.2, -0.15) is 0 Å². The lowest BCUT2D eigenvalue weighted by Crippen LogP contribution is -1.94. The molecule has 13 heavy (non-hydrogen) atoms. The quantitative estimate of drug-likeness (QED) is 0.767. The Morgan fingerprint density at radius 2 is 2.00 bits per heavy atom. The van der Waals surface area contributed by atoms with Crippen LogP contribution >= 0.6 is 0 Å². The smallest absolute Gasteiger partial charge is 0.118 e. The Balaban J connectivity index is 2.85. The number of benzene rings is 1. The Kier molecular flexibility index (Phi) is 3.53. The van der Waals surface area contributed by atoms with Crippen molar-refractivity contribution in [1.82, 2.24) is 0 Å². The molecule has 2 nitrogen and oxygen atoms in total. The largest absolute Gasteiger partial charge is 0.497 e. The first-order valence-corrected chi connectivity index (χ1v) is 4.29. The zero-order valence-corrected chi connectivity index (χ0v) is 8.08. The van der Waals surface area contributed by atoms with E-state index in [1.807, 2.05) is 30.3 Å². The number of allylic oxidation sites excluding steroid dienone is 1. The summed E-state index contributed by atoms with van der Waals surface area (Å²) in [4.78, 5) is 0. The van der Waals surface area contributed by atoms with E-state index in [9.17, 15) is 0 Å². The average molecular weight is 177 g/mol. The lowest BCUT2D eigenvalue weighted by Gasteiger charge is -2.03. The van der Waals surface area contributed by atoms with E-state index in [1.165, 1.54) is 11.1 Å². The van der Waals surface area contributed by atoms with E-state index in [-0.39, 0.29) is 0 Å². The number of ether oxygens (including phenoxy) is 1. The monoisotopic (exact) mass is 177 g/mol. The summed E-state index contributed by atoms with van der Waals surface area (Å²) >= 11 is 0. The predicted octanol–water partition coefficient (Wildman–Crippen LogP) is 2.06. The van der Waals surface area contributed by atoms with Crippen molar-refractivity contribution in [2.45, 2.75) is 6.92 Å². The van der Waals surface area contributed by atoms with E-state index in [4.69, 9.17) is 10.5 Å². The normalized spacial score (nSPS) is 11.5. The standard InChI is InChI=1S/C11H15NO/c1-9(7-8-12)10-3-5-11(13-2)6-4-10/h3-7H,8,12H2,1-2H3. The molecule has 0 aliphatic heterocycles. The molecule has 0 amide bonds. The highest BCUT2D eigenvalue weighted by Gasteiger charge is 1.94. The Labute approximate surface area is 79.0 Å². The maximum absolute atomic E-state index is 5.42. The molecule has 0 atom stereocenters. The van der Waals surface area contributed by atoms with E-state index in [2.05, 4.69) is 6.92 Å². The summed E-state index contributed by atoms with van der Waals surface area (Å²) in [5, 5.41) is 0. The van der Waals surface area contributed by atoms with Crippen molar-refractivity contribution in [3.8, 4) is 5.75 Å². The van der Waals surface area contributed by atoms with Gasteiger partial charge in [-0.15, -0.1) is 0 Å². The van der Waals surface area contributed by atoms with Crippen molar-refractivity contribution < 1.29 is 4.74 Å². The SMILES string of the molecule is COc1ccc(C(C)=CCN)cc1. The Morgan fingerprint density at radius 1 is 1.38 bits per heavy atom. The molecule has 2 heteroatoms. The highest BCUT2D eigenvalue weighted by Crippen LogP contribution is 2.17. The molecule has 0 fully saturated rings. The van der Waals surface area contributed by atoms with Gasteiger partial charge in [-0.05, 0) is 30.2 Å². The molecular formula is C11H15NO. The summed E-state index contributed by atoms with van der Waals surface area (Å²) in [5.41, 5.74) is 7.81. The maximum Gasteiger partial charge on any atom is 0.118 e. The zero-order chi connectivity index (χ0) is 9.68. The summed E-state index contributed by atoms with van der Waals surface area (Å²) in [5.74, 6) is 0.879. The lowest BCUT2D eigenvalue weighted by molar-refractivity contribution is 0.415. The molecule has 2 N–H and O–H groups in total. The number of nitrogens with two attached hydrogens (primary N) is 1. The van der Waals surface area contributed by atoms with Crippen LogP contribution in [0.4, 0.5) is 0 Å². The van der Waals surface area contributed by atoms with Gasteiger partial charge in [0.25, 0.3) is 0 Å². The van der Waals surface area contributed by atoms with Gasteiger partial charge in [-0.1, -0.05) is 18.2 Å². The highest BCUT2D eigenvalue weighted by molar-refractivity contribution is 5.64. The van der Waals surface area contributed by atoms with Crippen molar-refractivity contribution in [1.29, 1.82) is 0 Å². The number of methoxy groups -OCH3 is 1. The summed E-state index contributed by atoms with van der Waals surface area (Å²) in [6.45, 7) is 2.63. The summed E-state index contributed by atoms with van der Waals surface area (Å²) < 4.78 is 5.06. The molecule has 0 aromatic heterocycles. The third-order valence-corrected chi connectivity index (χ3v) is 1.97. The first kappa shape index (κ1) is 9.81. The van der Waals surface area contributed by atoms with Crippen molar-refractivity contribution in [3.05, 3.63) is 35.9 Å². The topological polar surface area (TPSA) is 35.2 Å². The summed E-state index contributed by atoms with van der Waals surface area (Å²) in [6.07, 6.45) is 2.00. The number of hydrogen-bond donors (Lipinski definition) is 1. The molecule has 0 bridgehead atoms. The fourth-order valence-electron chi connectivity index (χ4n) is 1.15. The second-order valence-electron chi connectivity index (χ2n) is 2.85. The van der Waals surface area contributed by atoms with E-state index in [1.54, 1.807) is 7.11 Å². The maximum atomic E-state index is 5.42. The van der Waals surface area contributed by atoms with Crippen molar-refractivity contribution in [3.63, 3.8) is 0 Å². The lowest BCUT2D eigenvalue weighted by atomic mass is 10.1. The predicted molar refractivity (Wildman–Crippen MR) is 55.7 cm³/mol. The van der Waals surface area contributed by atoms with Gasteiger partial charge in [0.15, 0.2) is 0 Å². The fraction of sp³-hybridized carbons (Fsp3) is 0.273. The molecule has 1 aromatic carbocycles. The molecule has 0 aliphatic rings. The van der Waals surface area contributed by atoms with E-state index >= 15 is 0 Å². The molecular weight excluding hydrogens is 162 g/mol. The second kappa shape index (κ2) is 4.67. The molecule has 0 saturated carbocycles. The third kappa shape index (κ3) is 2.60. The molecule has 70 valence electrons. The number of hydrogen-bond acceptors (Lipinski definition) is 2. The van der Waals surface area contributed by atoms with E-state index in [0.717, 1.165) is 5.75 Å². The second-order valence-corrected chi connectivity index (χ2v) is 2.85. The highest BCUT2D eigenvalue weighted by atomic mass is 16.5. The molecule has 1 rings (SSSR count). The van der Waals surface area contributed by atoms with E-state index in [0.29, 0.717) is 6.54 Å². The molecule has 0 unspecified atom stereocenters. The van der Waals surface area contributed by atoms with Crippen LogP contribution in [0.5, 0.6) is 5.75 Å². The molecule has 0 spiro atoms. The van der Waals surface area contributed by atoms with Crippen LogP contribution in [0.15, 0.2) is 30.3 Å². The van der Waals surface area contributed by atoms with Crippen molar-refractivity contribution in [2.75, 3.05) is 13.7 Å². The van der Waals surface area contributed by atoms with Gasteiger partial charge in [0.1, 0.15) is 5.75 Å². The number of rotatable bonds is 3. The minimum atomic E-state index is 0.581. The van der Waals surface area contributed by atoms with Crippen molar-refractivity contribution >= 4 is 5.57 Å². The van der Waals surface area contributed by atoms with Crippen LogP contribution in [-0.2, 0) is 0 Å². The molecule has 0 heterocycles. The molecule has 1 aromatic rings. The Bertz CT molecular complexity index is 287.